The second kappa shape index (κ2) is 11.1. The fourth-order valence-electron chi connectivity index (χ4n) is 3.28. The first-order chi connectivity index (χ1) is 17.2. The number of hydrogen-bond donors (Lipinski definition) is 1. The molecule has 0 spiro atoms. The van der Waals surface area contributed by atoms with Gasteiger partial charge >= 0.3 is 5.97 Å². The summed E-state index contributed by atoms with van der Waals surface area (Å²) in [5.74, 6) is -0.175. The Kier molecular flexibility index (Phi) is 7.88. The number of nitrogens with zero attached hydrogens (tertiary/aromatic N) is 2. The first-order valence-corrected chi connectivity index (χ1v) is 12.2. The number of aliphatic imine (C=N–C) groups is 1. The normalized spacial score (nSPS) is 15.6. The molecule has 184 valence electrons. The van der Waals surface area contributed by atoms with Gasteiger partial charge in [-0.25, -0.2) is 9.79 Å². The molecule has 1 amide bonds. The van der Waals surface area contributed by atoms with Gasteiger partial charge in [0.25, 0.3) is 5.91 Å². The number of halogens is 2. The van der Waals surface area contributed by atoms with Crippen LogP contribution in [0.1, 0.15) is 21.5 Å². The number of aromatic carboxylic acids is 1. The van der Waals surface area contributed by atoms with Gasteiger partial charge in [-0.05, 0) is 71.9 Å². The third-order valence-electron chi connectivity index (χ3n) is 5.23. The third kappa shape index (κ3) is 5.84. The van der Waals surface area contributed by atoms with Crippen molar-refractivity contribution in [3.05, 3.63) is 92.3 Å². The number of hydrogen-bond acceptors (Lipinski definition) is 6. The van der Waals surface area contributed by atoms with Gasteiger partial charge in [-0.15, -0.1) is 0 Å². The van der Waals surface area contributed by atoms with E-state index in [0.29, 0.717) is 37.3 Å². The molecule has 0 atom stereocenters. The van der Waals surface area contributed by atoms with E-state index in [4.69, 9.17) is 37.8 Å². The Balaban J connectivity index is 1.51. The van der Waals surface area contributed by atoms with E-state index >= 15 is 0 Å². The highest BCUT2D eigenvalue weighted by Gasteiger charge is 2.30. The number of amides is 1. The van der Waals surface area contributed by atoms with Gasteiger partial charge in [0, 0.05) is 22.7 Å². The summed E-state index contributed by atoms with van der Waals surface area (Å²) < 4.78 is 11.4. The largest absolute Gasteiger partial charge is 0.493 e. The van der Waals surface area contributed by atoms with Crippen LogP contribution in [-0.4, -0.2) is 41.2 Å². The molecule has 3 aromatic rings. The number of carboxylic acid groups (broad SMARTS) is 1. The molecule has 0 bridgehead atoms. The van der Waals surface area contributed by atoms with Gasteiger partial charge in [-0.1, -0.05) is 35.3 Å². The highest BCUT2D eigenvalue weighted by atomic mass is 35.5. The molecule has 1 saturated heterocycles. The van der Waals surface area contributed by atoms with Crippen molar-refractivity contribution in [2.24, 2.45) is 4.99 Å². The van der Waals surface area contributed by atoms with Crippen molar-refractivity contribution in [1.82, 2.24) is 4.90 Å². The Bertz CT molecular complexity index is 1390. The zero-order valence-electron chi connectivity index (χ0n) is 19.2. The van der Waals surface area contributed by atoms with E-state index < -0.39 is 5.97 Å². The van der Waals surface area contributed by atoms with Crippen LogP contribution in [0.4, 0.5) is 5.69 Å². The number of benzene rings is 3. The molecule has 0 radical (unpaired) electrons. The van der Waals surface area contributed by atoms with Gasteiger partial charge in [-0.2, -0.15) is 0 Å². The second-order valence-electron chi connectivity index (χ2n) is 7.66. The summed E-state index contributed by atoms with van der Waals surface area (Å²) in [6.07, 6.45) is 1.75. The van der Waals surface area contributed by atoms with Gasteiger partial charge in [0.15, 0.2) is 16.7 Å². The highest BCUT2D eigenvalue weighted by molar-refractivity contribution is 8.18. The molecule has 36 heavy (non-hydrogen) atoms. The van der Waals surface area contributed by atoms with Crippen LogP contribution in [0.2, 0.25) is 10.0 Å². The number of methoxy groups -OCH3 is 1. The molecule has 10 heteroatoms. The van der Waals surface area contributed by atoms with Crippen molar-refractivity contribution in [3.8, 4) is 11.5 Å². The van der Waals surface area contributed by atoms with Crippen LogP contribution in [0, 0.1) is 0 Å². The number of amidine groups is 1. The number of carbonyl (C=O) groups excluding carboxylic acids is 1. The molecule has 1 heterocycles. The lowest BCUT2D eigenvalue weighted by Gasteiger charge is -2.12. The minimum Gasteiger partial charge on any atom is -0.493 e. The molecular weight excluding hydrogens is 523 g/mol. The summed E-state index contributed by atoms with van der Waals surface area (Å²) in [5, 5.41) is 10.6. The predicted octanol–water partition coefficient (Wildman–Crippen LogP) is 6.51. The number of likely N-dealkylation sites (N-methyl/N-ethyl adjacent to an activating group) is 1. The highest BCUT2D eigenvalue weighted by Crippen LogP contribution is 2.35. The maximum atomic E-state index is 12.8. The second-order valence-corrected chi connectivity index (χ2v) is 9.51. The third-order valence-corrected chi connectivity index (χ3v) is 6.87. The Morgan fingerprint density at radius 3 is 2.50 bits per heavy atom. The molecule has 0 saturated carbocycles. The zero-order valence-corrected chi connectivity index (χ0v) is 21.5. The lowest BCUT2D eigenvalue weighted by atomic mass is 10.2. The van der Waals surface area contributed by atoms with E-state index in [1.54, 1.807) is 55.6 Å². The van der Waals surface area contributed by atoms with Gasteiger partial charge in [0.05, 0.1) is 23.3 Å². The topological polar surface area (TPSA) is 88.4 Å². The van der Waals surface area contributed by atoms with E-state index in [2.05, 4.69) is 4.99 Å². The summed E-state index contributed by atoms with van der Waals surface area (Å²) >= 11 is 13.4. The van der Waals surface area contributed by atoms with Crippen LogP contribution < -0.4 is 9.47 Å². The molecule has 0 unspecified atom stereocenters. The lowest BCUT2D eigenvalue weighted by molar-refractivity contribution is -0.121. The monoisotopic (exact) mass is 542 g/mol. The number of thioether (sulfide) groups is 1. The summed E-state index contributed by atoms with van der Waals surface area (Å²) in [5.41, 5.74) is 2.25. The van der Waals surface area contributed by atoms with Crippen molar-refractivity contribution in [2.75, 3.05) is 14.2 Å². The van der Waals surface area contributed by atoms with Gasteiger partial charge in [0.1, 0.15) is 6.61 Å². The van der Waals surface area contributed by atoms with Crippen molar-refractivity contribution < 1.29 is 24.2 Å². The van der Waals surface area contributed by atoms with Crippen LogP contribution in [0.3, 0.4) is 0 Å². The van der Waals surface area contributed by atoms with Crippen molar-refractivity contribution >= 4 is 63.8 Å². The molecule has 0 aliphatic carbocycles. The first-order valence-electron chi connectivity index (χ1n) is 10.6. The summed E-state index contributed by atoms with van der Waals surface area (Å²) in [6.45, 7) is 0.235. The molecular formula is C26H20Cl2N2O5S. The van der Waals surface area contributed by atoms with Crippen LogP contribution in [0.5, 0.6) is 11.5 Å². The minimum atomic E-state index is -1.01. The Morgan fingerprint density at radius 2 is 1.83 bits per heavy atom. The Hall–Kier alpha value is -3.46. The molecule has 7 nitrogen and oxygen atoms in total. The molecule has 1 aliphatic heterocycles. The molecule has 1 N–H and O–H groups in total. The Labute approximate surface area is 221 Å². The average molecular weight is 543 g/mol. The van der Waals surface area contributed by atoms with Gasteiger partial charge in [-0.3, -0.25) is 9.69 Å². The number of carbonyl (C=O) groups is 2. The van der Waals surface area contributed by atoms with E-state index in [1.807, 2.05) is 6.07 Å². The smallest absolute Gasteiger partial charge is 0.335 e. The SMILES string of the molecule is COc1cc(C=C2SC(=Nc3ccc(C(=O)O)cc3)N(C)C2=O)ccc1OCc1ccc(Cl)cc1Cl. The summed E-state index contributed by atoms with van der Waals surface area (Å²) in [6, 6.07) is 16.7. The maximum absolute atomic E-state index is 12.8. The van der Waals surface area contributed by atoms with Crippen LogP contribution in [0.25, 0.3) is 6.08 Å². The van der Waals surface area contributed by atoms with E-state index in [9.17, 15) is 9.59 Å². The number of rotatable bonds is 7. The fraction of sp³-hybridized carbons (Fsp3) is 0.115. The molecule has 3 aromatic carbocycles. The molecule has 1 fully saturated rings. The molecule has 1 aliphatic rings. The quantitative estimate of drug-likeness (QED) is 0.342. The lowest BCUT2D eigenvalue weighted by Crippen LogP contribution is -2.23. The summed E-state index contributed by atoms with van der Waals surface area (Å²) in [7, 11) is 3.18. The van der Waals surface area contributed by atoms with Crippen molar-refractivity contribution in [3.63, 3.8) is 0 Å². The van der Waals surface area contributed by atoms with Crippen LogP contribution >= 0.6 is 35.0 Å². The fourth-order valence-corrected chi connectivity index (χ4v) is 4.73. The first kappa shape index (κ1) is 25.6. The molecule has 0 aromatic heterocycles. The predicted molar refractivity (Wildman–Crippen MR) is 143 cm³/mol. The van der Waals surface area contributed by atoms with Gasteiger partial charge < -0.3 is 14.6 Å². The van der Waals surface area contributed by atoms with E-state index in [0.717, 1.165) is 11.1 Å². The van der Waals surface area contributed by atoms with Crippen molar-refractivity contribution in [1.29, 1.82) is 0 Å². The number of carboxylic acids is 1. The zero-order chi connectivity index (χ0) is 25.8. The standard InChI is InChI=1S/C26H20Cl2N2O5S/c1-30-24(31)23(36-26(30)29-19-8-5-16(6-9-19)25(32)33)12-15-3-10-21(22(11-15)34-2)35-14-17-4-7-18(27)13-20(17)28/h3-13H,14H2,1-2H3,(H,32,33). The van der Waals surface area contributed by atoms with E-state index in [1.165, 1.54) is 35.9 Å². The summed E-state index contributed by atoms with van der Waals surface area (Å²) in [4.78, 5) is 30.2. The minimum absolute atomic E-state index is 0.167. The van der Waals surface area contributed by atoms with Gasteiger partial charge in [0.2, 0.25) is 0 Å². The number of ether oxygens (including phenoxy) is 2. The maximum Gasteiger partial charge on any atom is 0.335 e. The molecule has 4 rings (SSSR count). The Morgan fingerprint density at radius 1 is 1.08 bits per heavy atom. The van der Waals surface area contributed by atoms with Crippen LogP contribution in [-0.2, 0) is 11.4 Å². The van der Waals surface area contributed by atoms with Crippen molar-refractivity contribution in [2.45, 2.75) is 6.61 Å². The van der Waals surface area contributed by atoms with Crippen LogP contribution in [0.15, 0.2) is 70.6 Å². The van der Waals surface area contributed by atoms with E-state index in [-0.39, 0.29) is 18.1 Å². The average Bonchev–Trinajstić information content (AvgIpc) is 3.11.